The van der Waals surface area contributed by atoms with Crippen LogP contribution in [0.4, 0.5) is 4.79 Å². The van der Waals surface area contributed by atoms with Crippen LogP contribution in [0.2, 0.25) is 0 Å². The molecule has 1 aromatic carbocycles. The number of carbonyl (C=O) groups excluding carboxylic acids is 3. The van der Waals surface area contributed by atoms with Gasteiger partial charge in [-0.1, -0.05) is 12.1 Å². The van der Waals surface area contributed by atoms with Crippen LogP contribution in [0, 0.1) is 5.92 Å². The zero-order valence-electron chi connectivity index (χ0n) is 11.7. The molecule has 1 unspecified atom stereocenters. The zero-order valence-corrected chi connectivity index (χ0v) is 11.7. The van der Waals surface area contributed by atoms with Gasteiger partial charge in [0.05, 0.1) is 0 Å². The predicted octanol–water partition coefficient (Wildman–Crippen LogP) is 0.838. The Morgan fingerprint density at radius 2 is 2.05 bits per heavy atom. The molecule has 3 rings (SSSR count). The maximum absolute atomic E-state index is 12.3. The highest BCUT2D eigenvalue weighted by Gasteiger charge is 2.39. The molecule has 0 radical (unpaired) electrons. The summed E-state index contributed by atoms with van der Waals surface area (Å²) in [5.74, 6) is -0.843. The van der Waals surface area contributed by atoms with Crippen molar-refractivity contribution in [1.29, 1.82) is 0 Å². The first-order valence-corrected chi connectivity index (χ1v) is 6.76. The monoisotopic (exact) mass is 302 g/mol. The first kappa shape index (κ1) is 14.1. The minimum absolute atomic E-state index is 0.0651. The maximum Gasteiger partial charge on any atom is 0.331 e. The minimum atomic E-state index is -0.946. The number of ether oxygens (including phenoxy) is 2. The van der Waals surface area contributed by atoms with Gasteiger partial charge in [-0.2, -0.15) is 0 Å². The Morgan fingerprint density at radius 1 is 1.27 bits per heavy atom. The molecule has 2 aliphatic heterocycles. The smallest absolute Gasteiger partial charge is 0.331 e. The van der Waals surface area contributed by atoms with Crippen LogP contribution in [0.25, 0.3) is 0 Å². The average Bonchev–Trinajstić information content (AvgIpc) is 2.95. The number of benzene rings is 1. The van der Waals surface area contributed by atoms with Crippen LogP contribution in [0.5, 0.6) is 11.5 Å². The summed E-state index contributed by atoms with van der Waals surface area (Å²) in [7, 11) is 0. The summed E-state index contributed by atoms with van der Waals surface area (Å²) in [6.45, 7) is 3.72. The lowest BCUT2D eigenvalue weighted by molar-refractivity contribution is -0.142. The van der Waals surface area contributed by atoms with E-state index < -0.39 is 23.8 Å². The fourth-order valence-electron chi connectivity index (χ4n) is 2.45. The first-order chi connectivity index (χ1) is 10.6. The summed E-state index contributed by atoms with van der Waals surface area (Å²) >= 11 is 0. The van der Waals surface area contributed by atoms with E-state index in [2.05, 4.69) is 11.9 Å². The topological polar surface area (TPSA) is 84.9 Å². The molecule has 1 fully saturated rings. The molecule has 0 spiro atoms. The van der Waals surface area contributed by atoms with Crippen molar-refractivity contribution in [3.63, 3.8) is 0 Å². The third-order valence-electron chi connectivity index (χ3n) is 3.54. The number of hydrogen-bond donors (Lipinski definition) is 1. The van der Waals surface area contributed by atoms with Crippen molar-refractivity contribution in [2.75, 3.05) is 13.3 Å². The number of nitrogens with zero attached hydrogens (tertiary/aromatic N) is 1. The number of hydrogen-bond acceptors (Lipinski definition) is 5. The zero-order chi connectivity index (χ0) is 15.7. The Morgan fingerprint density at radius 3 is 2.82 bits per heavy atom. The summed E-state index contributed by atoms with van der Waals surface area (Å²) < 4.78 is 10.5. The van der Waals surface area contributed by atoms with E-state index in [1.165, 1.54) is 6.08 Å². The molecule has 2 heterocycles. The Bertz CT molecular complexity index is 670. The summed E-state index contributed by atoms with van der Waals surface area (Å²) in [4.78, 5) is 36.9. The van der Waals surface area contributed by atoms with E-state index in [9.17, 15) is 14.4 Å². The fourth-order valence-corrected chi connectivity index (χ4v) is 2.45. The Labute approximate surface area is 126 Å². The van der Waals surface area contributed by atoms with E-state index in [0.717, 1.165) is 10.5 Å². The van der Waals surface area contributed by atoms with Crippen molar-refractivity contribution < 1.29 is 23.9 Å². The maximum atomic E-state index is 12.3. The van der Waals surface area contributed by atoms with Gasteiger partial charge in [-0.25, -0.2) is 4.79 Å². The van der Waals surface area contributed by atoms with Crippen LogP contribution in [0.3, 0.4) is 0 Å². The highest BCUT2D eigenvalue weighted by atomic mass is 16.7. The SMILES string of the molecule is C=CCN1C(=O)NC(=O)C(Cc2ccc3c(c2)OCO3)C1=O. The van der Waals surface area contributed by atoms with Gasteiger partial charge in [0.1, 0.15) is 5.92 Å². The molecule has 1 saturated heterocycles. The van der Waals surface area contributed by atoms with E-state index in [1.54, 1.807) is 18.2 Å². The van der Waals surface area contributed by atoms with E-state index >= 15 is 0 Å². The summed E-state index contributed by atoms with van der Waals surface area (Å²) in [6.07, 6.45) is 1.62. The number of fused-ring (bicyclic) bond motifs is 1. The highest BCUT2D eigenvalue weighted by Crippen LogP contribution is 2.33. The molecule has 22 heavy (non-hydrogen) atoms. The third-order valence-corrected chi connectivity index (χ3v) is 3.54. The minimum Gasteiger partial charge on any atom is -0.454 e. The number of carbonyl (C=O) groups is 3. The van der Waals surface area contributed by atoms with Gasteiger partial charge in [0.25, 0.3) is 0 Å². The predicted molar refractivity (Wildman–Crippen MR) is 75.2 cm³/mol. The van der Waals surface area contributed by atoms with Gasteiger partial charge in [0.15, 0.2) is 11.5 Å². The lowest BCUT2D eigenvalue weighted by Gasteiger charge is -2.29. The standard InChI is InChI=1S/C15H14N2O5/c1-2-5-17-14(19)10(13(18)16-15(17)20)6-9-3-4-11-12(7-9)22-8-21-11/h2-4,7,10H,1,5-6,8H2,(H,16,18,20). The van der Waals surface area contributed by atoms with Crippen molar-refractivity contribution in [1.82, 2.24) is 10.2 Å². The molecular formula is C15H14N2O5. The molecule has 0 saturated carbocycles. The molecule has 4 amide bonds. The van der Waals surface area contributed by atoms with Crippen LogP contribution in [-0.4, -0.2) is 36.1 Å². The van der Waals surface area contributed by atoms with Crippen molar-refractivity contribution in [2.24, 2.45) is 5.92 Å². The number of urea groups is 1. The second-order valence-electron chi connectivity index (χ2n) is 4.98. The number of amides is 4. The van der Waals surface area contributed by atoms with Crippen LogP contribution >= 0.6 is 0 Å². The van der Waals surface area contributed by atoms with E-state index in [4.69, 9.17) is 9.47 Å². The second-order valence-corrected chi connectivity index (χ2v) is 4.98. The van der Waals surface area contributed by atoms with Gasteiger partial charge in [0, 0.05) is 6.54 Å². The molecule has 1 aromatic rings. The second kappa shape index (κ2) is 5.51. The Kier molecular flexibility index (Phi) is 3.54. The molecule has 1 atom stereocenters. The summed E-state index contributed by atoms with van der Waals surface area (Å²) in [5, 5.41) is 2.19. The number of barbiturate groups is 1. The molecule has 7 nitrogen and oxygen atoms in total. The molecule has 2 aliphatic rings. The average molecular weight is 302 g/mol. The van der Waals surface area contributed by atoms with Crippen molar-refractivity contribution in [3.05, 3.63) is 36.4 Å². The van der Waals surface area contributed by atoms with Crippen LogP contribution < -0.4 is 14.8 Å². The molecular weight excluding hydrogens is 288 g/mol. The van der Waals surface area contributed by atoms with Gasteiger partial charge in [0.2, 0.25) is 18.6 Å². The first-order valence-electron chi connectivity index (χ1n) is 6.76. The van der Waals surface area contributed by atoms with Gasteiger partial charge in [-0.05, 0) is 24.1 Å². The van der Waals surface area contributed by atoms with Crippen LogP contribution in [0.15, 0.2) is 30.9 Å². The summed E-state index contributed by atoms with van der Waals surface area (Å²) in [6, 6.07) is 4.52. The molecule has 0 aliphatic carbocycles. The van der Waals surface area contributed by atoms with Gasteiger partial charge in [-0.3, -0.25) is 19.8 Å². The van der Waals surface area contributed by atoms with Crippen LogP contribution in [0.1, 0.15) is 5.56 Å². The normalized spacial score (nSPS) is 20.1. The summed E-state index contributed by atoms with van der Waals surface area (Å²) in [5.41, 5.74) is 0.755. The lowest BCUT2D eigenvalue weighted by Crippen LogP contribution is -2.58. The number of nitrogens with one attached hydrogen (secondary N) is 1. The van der Waals surface area contributed by atoms with Crippen molar-refractivity contribution in [2.45, 2.75) is 6.42 Å². The molecule has 0 aromatic heterocycles. The largest absolute Gasteiger partial charge is 0.454 e. The quantitative estimate of drug-likeness (QED) is 0.658. The molecule has 1 N–H and O–H groups in total. The van der Waals surface area contributed by atoms with E-state index in [-0.39, 0.29) is 19.8 Å². The van der Waals surface area contributed by atoms with Crippen molar-refractivity contribution in [3.8, 4) is 11.5 Å². The van der Waals surface area contributed by atoms with E-state index in [1.807, 2.05) is 0 Å². The number of imide groups is 2. The Hall–Kier alpha value is -2.83. The highest BCUT2D eigenvalue weighted by molar-refractivity contribution is 6.16. The lowest BCUT2D eigenvalue weighted by atomic mass is 9.95. The molecule has 7 heteroatoms. The molecule has 0 bridgehead atoms. The van der Waals surface area contributed by atoms with Gasteiger partial charge >= 0.3 is 6.03 Å². The van der Waals surface area contributed by atoms with Crippen LogP contribution in [-0.2, 0) is 16.0 Å². The van der Waals surface area contributed by atoms with Gasteiger partial charge < -0.3 is 9.47 Å². The fraction of sp³-hybridized carbons (Fsp3) is 0.267. The number of rotatable bonds is 4. The third kappa shape index (κ3) is 2.41. The van der Waals surface area contributed by atoms with Crippen molar-refractivity contribution >= 4 is 17.8 Å². The van der Waals surface area contributed by atoms with Gasteiger partial charge in [-0.15, -0.1) is 6.58 Å². The molecule has 114 valence electrons. The van der Waals surface area contributed by atoms with E-state index in [0.29, 0.717) is 11.5 Å². The Balaban J connectivity index is 1.81.